The fraction of sp³-hybridized carbons (Fsp3) is 0.353. The molecule has 9 nitrogen and oxygen atoms in total. The van der Waals surface area contributed by atoms with Gasteiger partial charge in [-0.3, -0.25) is 4.55 Å². The molecular weight excluding hydrogens is 406 g/mol. The number of hydrogen-bond donors (Lipinski definition) is 2. The Kier molecular flexibility index (Phi) is 6.05. The quantitative estimate of drug-likeness (QED) is 0.616. The maximum atomic E-state index is 13.0. The second kappa shape index (κ2) is 8.35. The SMILES string of the molecule is CCn1c(-c2nc(C)nn2C(F)F)nc2c1CNC2.O=S(=O)(O)c1ccccc1. The highest BCUT2D eigenvalue weighted by atomic mass is 32.2. The van der Waals surface area contributed by atoms with E-state index in [1.807, 2.05) is 11.5 Å². The normalized spacial score (nSPS) is 13.3. The van der Waals surface area contributed by atoms with E-state index in [2.05, 4.69) is 20.4 Å². The van der Waals surface area contributed by atoms with Crippen LogP contribution < -0.4 is 5.32 Å². The molecule has 1 aliphatic heterocycles. The molecule has 3 aromatic rings. The van der Waals surface area contributed by atoms with Gasteiger partial charge in [0.25, 0.3) is 10.1 Å². The van der Waals surface area contributed by atoms with E-state index in [9.17, 15) is 17.2 Å². The number of aryl methyl sites for hydroxylation is 1. The average Bonchev–Trinajstić information content (AvgIpc) is 3.35. The molecule has 1 aliphatic rings. The summed E-state index contributed by atoms with van der Waals surface area (Å²) in [5.74, 6) is 0.915. The van der Waals surface area contributed by atoms with Gasteiger partial charge in [0, 0.05) is 19.6 Å². The van der Waals surface area contributed by atoms with Crippen LogP contribution in [0.1, 0.15) is 30.7 Å². The predicted octanol–water partition coefficient (Wildman–Crippen LogP) is 2.40. The average molecular weight is 426 g/mol. The first-order valence-electron chi connectivity index (χ1n) is 8.75. The second-order valence-corrected chi connectivity index (χ2v) is 7.59. The number of fused-ring (bicyclic) bond motifs is 1. The fourth-order valence-electron chi connectivity index (χ4n) is 3.00. The van der Waals surface area contributed by atoms with Crippen LogP contribution in [0.2, 0.25) is 0 Å². The number of nitrogens with zero attached hydrogens (tertiary/aromatic N) is 5. The zero-order valence-corrected chi connectivity index (χ0v) is 16.6. The third kappa shape index (κ3) is 4.49. The lowest BCUT2D eigenvalue weighted by Gasteiger charge is -2.08. The van der Waals surface area contributed by atoms with Crippen LogP contribution in [0.15, 0.2) is 35.2 Å². The van der Waals surface area contributed by atoms with Gasteiger partial charge in [-0.15, -0.1) is 0 Å². The fourth-order valence-corrected chi connectivity index (χ4v) is 3.50. The monoisotopic (exact) mass is 426 g/mol. The third-order valence-corrected chi connectivity index (χ3v) is 5.09. The number of alkyl halides is 2. The van der Waals surface area contributed by atoms with Crippen LogP contribution in [0.5, 0.6) is 0 Å². The largest absolute Gasteiger partial charge is 0.335 e. The smallest absolute Gasteiger partial charge is 0.324 e. The molecule has 0 saturated carbocycles. The Morgan fingerprint density at radius 1 is 1.17 bits per heavy atom. The lowest BCUT2D eigenvalue weighted by molar-refractivity contribution is 0.0577. The molecule has 0 amide bonds. The summed E-state index contributed by atoms with van der Waals surface area (Å²) < 4.78 is 57.7. The highest BCUT2D eigenvalue weighted by Gasteiger charge is 2.26. The van der Waals surface area contributed by atoms with Crippen LogP contribution in [-0.4, -0.2) is 37.3 Å². The molecule has 2 aromatic heterocycles. The van der Waals surface area contributed by atoms with Crippen LogP contribution >= 0.6 is 0 Å². The molecule has 0 fully saturated rings. The Labute approximate surface area is 166 Å². The predicted molar refractivity (Wildman–Crippen MR) is 99.7 cm³/mol. The standard InChI is InChI=1S/C11H14F2N6.C6H6O3S/c1-3-18-8-5-14-4-7(8)16-9(18)10-15-6(2)17-19(10)11(12)13;7-10(8,9)6-4-2-1-3-5-6/h11,14H,3-5H2,1-2H3;1-5H,(H,7,8,9). The zero-order chi connectivity index (χ0) is 21.2. The van der Waals surface area contributed by atoms with Crippen molar-refractivity contribution < 1.29 is 21.8 Å². The lowest BCUT2D eigenvalue weighted by atomic mass is 10.4. The van der Waals surface area contributed by atoms with Gasteiger partial charge >= 0.3 is 6.55 Å². The molecule has 29 heavy (non-hydrogen) atoms. The van der Waals surface area contributed by atoms with Gasteiger partial charge in [-0.2, -0.15) is 27.0 Å². The first-order chi connectivity index (χ1) is 13.7. The molecule has 0 aliphatic carbocycles. The number of rotatable bonds is 4. The molecule has 0 spiro atoms. The van der Waals surface area contributed by atoms with Crippen molar-refractivity contribution in [2.24, 2.45) is 0 Å². The minimum atomic E-state index is -4.00. The van der Waals surface area contributed by atoms with Crippen LogP contribution in [0.4, 0.5) is 8.78 Å². The van der Waals surface area contributed by atoms with E-state index >= 15 is 0 Å². The zero-order valence-electron chi connectivity index (χ0n) is 15.7. The second-order valence-electron chi connectivity index (χ2n) is 6.17. The molecule has 0 radical (unpaired) electrons. The molecule has 0 atom stereocenters. The van der Waals surface area contributed by atoms with E-state index < -0.39 is 16.7 Å². The van der Waals surface area contributed by atoms with Crippen molar-refractivity contribution in [3.8, 4) is 11.6 Å². The molecule has 2 N–H and O–H groups in total. The lowest BCUT2D eigenvalue weighted by Crippen LogP contribution is -2.11. The first kappa shape index (κ1) is 21.0. The summed E-state index contributed by atoms with van der Waals surface area (Å²) in [4.78, 5) is 8.45. The van der Waals surface area contributed by atoms with E-state index in [0.717, 1.165) is 11.4 Å². The summed E-state index contributed by atoms with van der Waals surface area (Å²) in [7, 11) is -4.00. The van der Waals surface area contributed by atoms with Crippen molar-refractivity contribution in [1.82, 2.24) is 29.6 Å². The minimum Gasteiger partial charge on any atom is -0.324 e. The van der Waals surface area contributed by atoms with Gasteiger partial charge in [-0.25, -0.2) is 9.97 Å². The molecule has 0 bridgehead atoms. The highest BCUT2D eigenvalue weighted by Crippen LogP contribution is 2.26. The van der Waals surface area contributed by atoms with E-state index in [1.54, 1.807) is 25.1 Å². The van der Waals surface area contributed by atoms with E-state index in [1.165, 1.54) is 12.1 Å². The Hall–Kier alpha value is -2.70. The Bertz CT molecular complexity index is 1100. The van der Waals surface area contributed by atoms with Gasteiger partial charge in [0.05, 0.1) is 16.3 Å². The summed E-state index contributed by atoms with van der Waals surface area (Å²) in [6.07, 6.45) is 0. The van der Waals surface area contributed by atoms with Gasteiger partial charge < -0.3 is 9.88 Å². The summed E-state index contributed by atoms with van der Waals surface area (Å²) in [6, 6.07) is 7.42. The third-order valence-electron chi connectivity index (χ3n) is 4.22. The van der Waals surface area contributed by atoms with Crippen molar-refractivity contribution in [3.63, 3.8) is 0 Å². The van der Waals surface area contributed by atoms with Crippen molar-refractivity contribution in [3.05, 3.63) is 47.5 Å². The van der Waals surface area contributed by atoms with E-state index in [4.69, 9.17) is 4.55 Å². The van der Waals surface area contributed by atoms with E-state index in [0.29, 0.717) is 36.0 Å². The molecule has 0 saturated heterocycles. The van der Waals surface area contributed by atoms with Crippen LogP contribution in [0.25, 0.3) is 11.6 Å². The molecule has 0 unspecified atom stereocenters. The van der Waals surface area contributed by atoms with E-state index in [-0.39, 0.29) is 10.7 Å². The molecule has 3 heterocycles. The van der Waals surface area contributed by atoms with Crippen LogP contribution in [-0.2, 0) is 29.8 Å². The Morgan fingerprint density at radius 3 is 2.41 bits per heavy atom. The summed E-state index contributed by atoms with van der Waals surface area (Å²) in [5, 5.41) is 6.92. The number of aromatic nitrogens is 5. The first-order valence-corrected chi connectivity index (χ1v) is 10.2. The number of imidazole rings is 1. The molecule has 1 aromatic carbocycles. The highest BCUT2D eigenvalue weighted by molar-refractivity contribution is 7.85. The Balaban J connectivity index is 0.000000204. The molecule has 156 valence electrons. The van der Waals surface area contributed by atoms with Crippen LogP contribution in [0.3, 0.4) is 0 Å². The number of hydrogen-bond acceptors (Lipinski definition) is 6. The van der Waals surface area contributed by atoms with Gasteiger partial charge in [0.15, 0.2) is 11.6 Å². The maximum absolute atomic E-state index is 13.0. The molecule has 12 heteroatoms. The van der Waals surface area contributed by atoms with Crippen LogP contribution in [0, 0.1) is 6.92 Å². The minimum absolute atomic E-state index is 0.0741. The van der Waals surface area contributed by atoms with Crippen molar-refractivity contribution in [2.75, 3.05) is 0 Å². The van der Waals surface area contributed by atoms with Gasteiger partial charge in [-0.1, -0.05) is 18.2 Å². The molecular formula is C17H20F2N6O3S. The number of halogens is 2. The number of benzene rings is 1. The number of nitrogens with one attached hydrogen (secondary N) is 1. The molecule has 4 rings (SSSR count). The topological polar surface area (TPSA) is 115 Å². The van der Waals surface area contributed by atoms with Gasteiger partial charge in [0.1, 0.15) is 5.82 Å². The maximum Gasteiger partial charge on any atom is 0.335 e. The van der Waals surface area contributed by atoms with Gasteiger partial charge in [0.2, 0.25) is 0 Å². The van der Waals surface area contributed by atoms with Crippen molar-refractivity contribution in [2.45, 2.75) is 44.9 Å². The Morgan fingerprint density at radius 2 is 1.86 bits per heavy atom. The van der Waals surface area contributed by atoms with Crippen molar-refractivity contribution >= 4 is 10.1 Å². The summed E-state index contributed by atoms with van der Waals surface area (Å²) in [5.41, 5.74) is 1.94. The summed E-state index contributed by atoms with van der Waals surface area (Å²) >= 11 is 0. The summed E-state index contributed by atoms with van der Waals surface area (Å²) in [6.45, 7) is 2.87. The van der Waals surface area contributed by atoms with Crippen molar-refractivity contribution in [1.29, 1.82) is 0 Å². The van der Waals surface area contributed by atoms with Gasteiger partial charge in [-0.05, 0) is 26.0 Å².